The van der Waals surface area contributed by atoms with Crippen molar-refractivity contribution in [2.45, 2.75) is 26.2 Å². The van der Waals surface area contributed by atoms with Crippen LogP contribution in [0.3, 0.4) is 0 Å². The molecule has 1 aliphatic rings. The monoisotopic (exact) mass is 758 g/mol. The van der Waals surface area contributed by atoms with Crippen LogP contribution in [0.5, 0.6) is 23.0 Å². The van der Waals surface area contributed by atoms with Crippen molar-refractivity contribution in [3.63, 3.8) is 0 Å². The number of benzene rings is 8. The number of rotatable bonds is 8. The van der Waals surface area contributed by atoms with Gasteiger partial charge in [0.15, 0.2) is 11.5 Å². The number of hydrogen-bond donors (Lipinski definition) is 4. The fourth-order valence-electron chi connectivity index (χ4n) is 8.32. The first-order chi connectivity index (χ1) is 28.1. The van der Waals surface area contributed by atoms with E-state index in [2.05, 4.69) is 110 Å². The Morgan fingerprint density at radius 2 is 0.793 bits per heavy atom. The van der Waals surface area contributed by atoms with Crippen LogP contribution in [0.2, 0.25) is 0 Å². The molecule has 0 unspecified atom stereocenters. The molecule has 9 rings (SSSR count). The summed E-state index contributed by atoms with van der Waals surface area (Å²) in [6.07, 6.45) is 0. The number of hydrogen-bond acceptors (Lipinski definition) is 6. The topological polar surface area (TPSA) is 87.4 Å². The summed E-state index contributed by atoms with van der Waals surface area (Å²) in [5.74, 6) is -2.26. The molecule has 0 bridgehead atoms. The first-order valence-corrected chi connectivity index (χ1v) is 19.3. The lowest BCUT2D eigenvalue weighted by atomic mass is 9.82. The summed E-state index contributed by atoms with van der Waals surface area (Å²) in [4.78, 5) is 3.97. The van der Waals surface area contributed by atoms with E-state index in [0.29, 0.717) is 11.4 Å². The first kappa shape index (κ1) is 36.2. The molecule has 0 amide bonds. The predicted octanol–water partition coefficient (Wildman–Crippen LogP) is 13.4. The number of anilines is 6. The van der Waals surface area contributed by atoms with Crippen LogP contribution in [-0.4, -0.2) is 20.4 Å². The summed E-state index contributed by atoms with van der Waals surface area (Å²) >= 11 is 0. The van der Waals surface area contributed by atoms with Gasteiger partial charge >= 0.3 is 0 Å². The average Bonchev–Trinajstić information content (AvgIpc) is 3.50. The van der Waals surface area contributed by atoms with Crippen molar-refractivity contribution in [1.82, 2.24) is 0 Å². The van der Waals surface area contributed by atoms with Gasteiger partial charge in [0, 0.05) is 39.4 Å². The molecule has 0 fully saturated rings. The molecule has 0 spiro atoms. The maximum Gasteiger partial charge on any atom is 0.203 e. The van der Waals surface area contributed by atoms with E-state index in [-0.39, 0.29) is 22.4 Å². The van der Waals surface area contributed by atoms with E-state index in [1.807, 2.05) is 84.9 Å². The minimum atomic E-state index is -0.703. The molecule has 0 atom stereocenters. The Kier molecular flexibility index (Phi) is 8.90. The molecule has 1 aliphatic carbocycles. The zero-order valence-electron chi connectivity index (χ0n) is 32.4. The quantitative estimate of drug-likeness (QED) is 0.0912. The lowest BCUT2D eigenvalue weighted by Gasteiger charge is -2.28. The zero-order chi connectivity index (χ0) is 40.1. The van der Waals surface area contributed by atoms with Crippen LogP contribution in [0.15, 0.2) is 176 Å². The highest BCUT2D eigenvalue weighted by Crippen LogP contribution is 2.55. The molecule has 0 radical (unpaired) electrons. The van der Waals surface area contributed by atoms with E-state index in [9.17, 15) is 20.4 Å². The highest BCUT2D eigenvalue weighted by Gasteiger charge is 2.36. The Morgan fingerprint density at radius 3 is 1.36 bits per heavy atom. The van der Waals surface area contributed by atoms with Gasteiger partial charge in [0.25, 0.3) is 0 Å². The third-order valence-corrected chi connectivity index (χ3v) is 11.5. The van der Waals surface area contributed by atoms with E-state index in [1.165, 1.54) is 29.2 Å². The van der Waals surface area contributed by atoms with Gasteiger partial charge in [0.2, 0.25) is 5.75 Å². The van der Waals surface area contributed by atoms with Gasteiger partial charge in [-0.3, -0.25) is 0 Å². The van der Waals surface area contributed by atoms with Gasteiger partial charge in [0.05, 0.1) is 0 Å². The van der Waals surface area contributed by atoms with Gasteiger partial charge in [-0.25, -0.2) is 0 Å². The minimum Gasteiger partial charge on any atom is -0.505 e. The standard InChI is InChI=1S/C52H42N2O4/c1-33-48(55)47(50(57)51(58)49(33)56)54(40-26-20-35(21-27-40)34-12-6-4-7-13-34)41-28-22-37(23-29-41)36-18-24-39(25-19-36)53(38-14-8-5-9-15-38)42-30-31-44-43-16-10-11-17-45(43)52(2,3)46(44)32-42/h4-32,55-58H,1-3H3. The second kappa shape index (κ2) is 14.3. The Morgan fingerprint density at radius 1 is 0.362 bits per heavy atom. The summed E-state index contributed by atoms with van der Waals surface area (Å²) in [6, 6.07) is 60.0. The van der Waals surface area contributed by atoms with Gasteiger partial charge in [-0.05, 0) is 112 Å². The van der Waals surface area contributed by atoms with Crippen LogP contribution in [0.1, 0.15) is 30.5 Å². The summed E-state index contributed by atoms with van der Waals surface area (Å²) in [7, 11) is 0. The number of aromatic hydroxyl groups is 4. The fraction of sp³-hybridized carbons (Fsp3) is 0.0769. The third kappa shape index (κ3) is 6.07. The molecular weight excluding hydrogens is 717 g/mol. The van der Waals surface area contributed by atoms with E-state index >= 15 is 0 Å². The largest absolute Gasteiger partial charge is 0.505 e. The summed E-state index contributed by atoms with van der Waals surface area (Å²) in [5.41, 5.74) is 13.6. The molecule has 0 aliphatic heterocycles. The number of phenolic OH excluding ortho intramolecular Hbond substituents is 4. The van der Waals surface area contributed by atoms with Crippen molar-refractivity contribution in [2.75, 3.05) is 9.80 Å². The molecule has 0 saturated heterocycles. The molecule has 6 nitrogen and oxygen atoms in total. The van der Waals surface area contributed by atoms with Crippen molar-refractivity contribution in [3.05, 3.63) is 193 Å². The van der Waals surface area contributed by atoms with Crippen molar-refractivity contribution < 1.29 is 20.4 Å². The normalized spacial score (nSPS) is 12.5. The number of fused-ring (bicyclic) bond motifs is 3. The molecular formula is C52H42N2O4. The highest BCUT2D eigenvalue weighted by molar-refractivity contribution is 5.90. The van der Waals surface area contributed by atoms with Crippen molar-refractivity contribution in [2.24, 2.45) is 0 Å². The van der Waals surface area contributed by atoms with Crippen LogP contribution < -0.4 is 9.80 Å². The molecule has 0 saturated carbocycles. The van der Waals surface area contributed by atoms with Gasteiger partial charge in [0.1, 0.15) is 11.4 Å². The van der Waals surface area contributed by atoms with Crippen molar-refractivity contribution in [3.8, 4) is 56.4 Å². The minimum absolute atomic E-state index is 0.0443. The van der Waals surface area contributed by atoms with Crippen LogP contribution in [0.4, 0.5) is 34.1 Å². The molecule has 284 valence electrons. The summed E-state index contributed by atoms with van der Waals surface area (Å²) in [5, 5.41) is 43.6. The molecule has 4 N–H and O–H groups in total. The maximum atomic E-state index is 11.3. The van der Waals surface area contributed by atoms with Crippen LogP contribution in [-0.2, 0) is 5.41 Å². The maximum absolute atomic E-state index is 11.3. The SMILES string of the molecule is Cc1c(O)c(O)c(O)c(N(c2ccc(-c3ccccc3)cc2)c2ccc(-c3ccc(N(c4ccccc4)c4ccc5c(c4)C(C)(C)c4ccccc4-5)cc3)cc2)c1O. The highest BCUT2D eigenvalue weighted by atomic mass is 16.3. The summed E-state index contributed by atoms with van der Waals surface area (Å²) in [6.45, 7) is 6.09. The molecule has 8 aromatic rings. The molecule has 58 heavy (non-hydrogen) atoms. The van der Waals surface area contributed by atoms with Crippen molar-refractivity contribution >= 4 is 34.1 Å². The zero-order valence-corrected chi connectivity index (χ0v) is 32.4. The average molecular weight is 759 g/mol. The van der Waals surface area contributed by atoms with Crippen molar-refractivity contribution in [1.29, 1.82) is 0 Å². The lowest BCUT2D eigenvalue weighted by Crippen LogP contribution is -2.16. The molecule has 0 aromatic heterocycles. The number of phenols is 4. The Balaban J connectivity index is 1.07. The van der Waals surface area contributed by atoms with Crippen LogP contribution >= 0.6 is 0 Å². The number of para-hydroxylation sites is 1. The van der Waals surface area contributed by atoms with Crippen LogP contribution in [0.25, 0.3) is 33.4 Å². The van der Waals surface area contributed by atoms with Crippen LogP contribution in [0, 0.1) is 6.92 Å². The Bertz CT molecular complexity index is 2750. The Hall–Kier alpha value is -7.44. The Labute approximate surface area is 338 Å². The molecule has 8 aromatic carbocycles. The van der Waals surface area contributed by atoms with Gasteiger partial charge in [-0.15, -0.1) is 0 Å². The van der Waals surface area contributed by atoms with E-state index in [1.54, 1.807) is 4.90 Å². The second-order valence-electron chi connectivity index (χ2n) is 15.3. The first-order valence-electron chi connectivity index (χ1n) is 19.3. The van der Waals surface area contributed by atoms with Gasteiger partial charge in [-0.1, -0.05) is 129 Å². The number of nitrogens with zero attached hydrogens (tertiary/aromatic N) is 2. The molecule has 6 heteroatoms. The van der Waals surface area contributed by atoms with E-state index in [4.69, 9.17) is 0 Å². The predicted molar refractivity (Wildman–Crippen MR) is 236 cm³/mol. The van der Waals surface area contributed by atoms with E-state index in [0.717, 1.165) is 39.3 Å². The summed E-state index contributed by atoms with van der Waals surface area (Å²) < 4.78 is 0. The third-order valence-electron chi connectivity index (χ3n) is 11.5. The smallest absolute Gasteiger partial charge is 0.203 e. The van der Waals surface area contributed by atoms with E-state index < -0.39 is 17.2 Å². The second-order valence-corrected chi connectivity index (χ2v) is 15.3. The fourth-order valence-corrected chi connectivity index (χ4v) is 8.32. The van der Waals surface area contributed by atoms with Gasteiger partial charge < -0.3 is 30.2 Å². The lowest BCUT2D eigenvalue weighted by molar-refractivity contribution is 0.359. The molecule has 0 heterocycles. The van der Waals surface area contributed by atoms with Gasteiger partial charge in [-0.2, -0.15) is 0 Å².